The Balaban J connectivity index is 1.73. The Morgan fingerprint density at radius 1 is 1.00 bits per heavy atom. The van der Waals surface area contributed by atoms with Gasteiger partial charge in [-0.05, 0) is 48.5 Å². The highest BCUT2D eigenvalue weighted by Gasteiger charge is 2.30. The molecule has 0 radical (unpaired) electrons. The maximum Gasteiger partial charge on any atom is 0.416 e. The number of aromatic nitrogens is 2. The summed E-state index contributed by atoms with van der Waals surface area (Å²) in [4.78, 5) is 12.0. The van der Waals surface area contributed by atoms with E-state index in [2.05, 4.69) is 15.5 Å². The van der Waals surface area contributed by atoms with Gasteiger partial charge >= 0.3 is 12.2 Å². The Bertz CT molecular complexity index is 1110. The molecule has 12 heteroatoms. The average molecular weight is 412 g/mol. The van der Waals surface area contributed by atoms with Gasteiger partial charge < -0.3 is 4.42 Å². The molecule has 3 rings (SSSR count). The third kappa shape index (κ3) is 4.35. The van der Waals surface area contributed by atoms with Crippen LogP contribution < -0.4 is 10.5 Å². The summed E-state index contributed by atoms with van der Waals surface area (Å²) < 4.78 is 65.4. The van der Waals surface area contributed by atoms with Crippen molar-refractivity contribution >= 4 is 21.9 Å². The standard InChI is InChI=1S/C16H11F3N4O4S/c17-16(18,19)11-5-1-10(2-6-11)14-22-23-15(27-14)21-13(24)9-3-7-12(8-4-9)28(20,25)26/h1-8H,(H2,20,25,26)(H,21,23,24). The summed E-state index contributed by atoms with van der Waals surface area (Å²) >= 11 is 0. The largest absolute Gasteiger partial charge is 0.416 e. The highest BCUT2D eigenvalue weighted by atomic mass is 32.2. The van der Waals surface area contributed by atoms with E-state index >= 15 is 0 Å². The Hall–Kier alpha value is -3.25. The quantitative estimate of drug-likeness (QED) is 0.678. The van der Waals surface area contributed by atoms with E-state index in [-0.39, 0.29) is 27.9 Å². The number of rotatable bonds is 4. The van der Waals surface area contributed by atoms with Crippen molar-refractivity contribution in [3.63, 3.8) is 0 Å². The Labute approximate surface area is 156 Å². The van der Waals surface area contributed by atoms with Gasteiger partial charge in [0.25, 0.3) is 5.91 Å². The van der Waals surface area contributed by atoms with Crippen molar-refractivity contribution in [2.75, 3.05) is 5.32 Å². The summed E-state index contributed by atoms with van der Waals surface area (Å²) in [6.45, 7) is 0. The molecule has 0 fully saturated rings. The number of nitrogens with zero attached hydrogens (tertiary/aromatic N) is 2. The van der Waals surface area contributed by atoms with Gasteiger partial charge in [0.2, 0.25) is 15.9 Å². The third-order valence-corrected chi connectivity index (χ3v) is 4.48. The number of amides is 1. The first-order valence-electron chi connectivity index (χ1n) is 7.49. The molecule has 28 heavy (non-hydrogen) atoms. The number of carbonyl (C=O) groups excluding carboxylic acids is 1. The smallest absolute Gasteiger partial charge is 0.403 e. The molecule has 0 saturated carbocycles. The lowest BCUT2D eigenvalue weighted by atomic mass is 10.1. The SMILES string of the molecule is NS(=O)(=O)c1ccc(C(=O)Nc2nnc(-c3ccc(C(F)(F)F)cc3)o2)cc1. The zero-order chi connectivity index (χ0) is 20.5. The monoisotopic (exact) mass is 412 g/mol. The Morgan fingerprint density at radius 3 is 2.14 bits per heavy atom. The molecule has 1 amide bonds. The van der Waals surface area contributed by atoms with Crippen molar-refractivity contribution in [1.29, 1.82) is 0 Å². The van der Waals surface area contributed by atoms with Gasteiger partial charge in [0.05, 0.1) is 10.5 Å². The summed E-state index contributed by atoms with van der Waals surface area (Å²) in [5.74, 6) is -0.753. The van der Waals surface area contributed by atoms with Crippen molar-refractivity contribution in [3.05, 3.63) is 59.7 Å². The fraction of sp³-hybridized carbons (Fsp3) is 0.0625. The van der Waals surface area contributed by atoms with Gasteiger partial charge in [-0.2, -0.15) is 13.2 Å². The summed E-state index contributed by atoms with van der Waals surface area (Å²) in [6.07, 6.45) is -4.47. The molecule has 8 nitrogen and oxygen atoms in total. The molecule has 0 aliphatic carbocycles. The van der Waals surface area contributed by atoms with Crippen LogP contribution in [0.3, 0.4) is 0 Å². The maximum absolute atomic E-state index is 12.6. The van der Waals surface area contributed by atoms with Crippen LogP contribution in [-0.2, 0) is 16.2 Å². The Morgan fingerprint density at radius 2 is 1.61 bits per heavy atom. The first-order chi connectivity index (χ1) is 13.0. The zero-order valence-electron chi connectivity index (χ0n) is 13.8. The van der Waals surface area contributed by atoms with Gasteiger partial charge in [-0.3, -0.25) is 10.1 Å². The predicted molar refractivity (Wildman–Crippen MR) is 90.5 cm³/mol. The molecular weight excluding hydrogens is 401 g/mol. The van der Waals surface area contributed by atoms with Crippen LogP contribution in [0.15, 0.2) is 57.8 Å². The van der Waals surface area contributed by atoms with Crippen molar-refractivity contribution in [1.82, 2.24) is 10.2 Å². The van der Waals surface area contributed by atoms with Crippen LogP contribution in [-0.4, -0.2) is 24.5 Å². The van der Waals surface area contributed by atoms with Crippen molar-refractivity contribution in [2.45, 2.75) is 11.1 Å². The molecule has 3 N–H and O–H groups in total. The number of sulfonamides is 1. The van der Waals surface area contributed by atoms with E-state index in [9.17, 15) is 26.4 Å². The van der Waals surface area contributed by atoms with Crippen LogP contribution in [0.25, 0.3) is 11.5 Å². The second-order valence-corrected chi connectivity index (χ2v) is 7.07. The van der Waals surface area contributed by atoms with Gasteiger partial charge in [-0.1, -0.05) is 5.10 Å². The van der Waals surface area contributed by atoms with E-state index < -0.39 is 27.7 Å². The van der Waals surface area contributed by atoms with Gasteiger partial charge in [-0.15, -0.1) is 5.10 Å². The lowest BCUT2D eigenvalue weighted by Crippen LogP contribution is -2.14. The minimum absolute atomic E-state index is 0.0893. The lowest BCUT2D eigenvalue weighted by Gasteiger charge is -2.05. The van der Waals surface area contributed by atoms with Gasteiger partial charge in [0, 0.05) is 11.1 Å². The number of alkyl halides is 3. The van der Waals surface area contributed by atoms with E-state index in [1.807, 2.05) is 0 Å². The zero-order valence-corrected chi connectivity index (χ0v) is 14.6. The molecule has 146 valence electrons. The van der Waals surface area contributed by atoms with Crippen LogP contribution >= 0.6 is 0 Å². The molecule has 2 aromatic carbocycles. The fourth-order valence-corrected chi connectivity index (χ4v) is 2.67. The van der Waals surface area contributed by atoms with Crippen LogP contribution in [0.2, 0.25) is 0 Å². The van der Waals surface area contributed by atoms with Gasteiger partial charge in [0.1, 0.15) is 0 Å². The van der Waals surface area contributed by atoms with Gasteiger partial charge in [0.15, 0.2) is 0 Å². The number of hydrogen-bond donors (Lipinski definition) is 2. The molecule has 0 aliphatic rings. The number of halogens is 3. The van der Waals surface area contributed by atoms with Crippen molar-refractivity contribution < 1.29 is 30.8 Å². The number of carbonyl (C=O) groups is 1. The molecule has 0 atom stereocenters. The molecule has 3 aromatic rings. The molecule has 0 saturated heterocycles. The van der Waals surface area contributed by atoms with Crippen LogP contribution in [0, 0.1) is 0 Å². The second kappa shape index (κ2) is 7.05. The number of hydrogen-bond acceptors (Lipinski definition) is 6. The molecular formula is C16H11F3N4O4S. The molecule has 0 bridgehead atoms. The number of anilines is 1. The third-order valence-electron chi connectivity index (χ3n) is 3.55. The van der Waals surface area contributed by atoms with Crippen LogP contribution in [0.1, 0.15) is 15.9 Å². The summed E-state index contributed by atoms with van der Waals surface area (Å²) in [5.41, 5.74) is -0.493. The Kier molecular flexibility index (Phi) is 4.91. The van der Waals surface area contributed by atoms with Crippen LogP contribution in [0.4, 0.5) is 19.2 Å². The van der Waals surface area contributed by atoms with Crippen molar-refractivity contribution in [2.24, 2.45) is 5.14 Å². The lowest BCUT2D eigenvalue weighted by molar-refractivity contribution is -0.137. The predicted octanol–water partition coefficient (Wildman–Crippen LogP) is 2.66. The van der Waals surface area contributed by atoms with Gasteiger partial charge in [-0.25, -0.2) is 13.6 Å². The summed E-state index contributed by atoms with van der Waals surface area (Å²) in [5, 5.41) is 14.5. The molecule has 0 unspecified atom stereocenters. The topological polar surface area (TPSA) is 128 Å². The number of nitrogens with one attached hydrogen (secondary N) is 1. The van der Waals surface area contributed by atoms with E-state index in [1.54, 1.807) is 0 Å². The highest BCUT2D eigenvalue weighted by molar-refractivity contribution is 7.89. The minimum Gasteiger partial charge on any atom is -0.403 e. The number of benzene rings is 2. The van der Waals surface area contributed by atoms with E-state index in [1.165, 1.54) is 12.1 Å². The summed E-state index contributed by atoms with van der Waals surface area (Å²) in [7, 11) is -3.89. The van der Waals surface area contributed by atoms with Crippen molar-refractivity contribution in [3.8, 4) is 11.5 Å². The van der Waals surface area contributed by atoms with E-state index in [4.69, 9.17) is 9.56 Å². The average Bonchev–Trinajstić information content (AvgIpc) is 3.09. The highest BCUT2D eigenvalue weighted by Crippen LogP contribution is 2.31. The molecule has 0 aliphatic heterocycles. The normalized spacial score (nSPS) is 12.0. The fourth-order valence-electron chi connectivity index (χ4n) is 2.16. The number of primary sulfonamides is 1. The first-order valence-corrected chi connectivity index (χ1v) is 9.04. The first kappa shape index (κ1) is 19.5. The molecule has 1 aromatic heterocycles. The number of nitrogens with two attached hydrogens (primary N) is 1. The minimum atomic E-state index is -4.47. The molecule has 0 spiro atoms. The second-order valence-electron chi connectivity index (χ2n) is 5.51. The van der Waals surface area contributed by atoms with E-state index in [0.29, 0.717) is 0 Å². The maximum atomic E-state index is 12.6. The van der Waals surface area contributed by atoms with Crippen LogP contribution in [0.5, 0.6) is 0 Å². The molecule has 1 heterocycles. The van der Waals surface area contributed by atoms with E-state index in [0.717, 1.165) is 36.4 Å². The summed E-state index contributed by atoms with van der Waals surface area (Å²) in [6, 6.07) is 8.56.